The van der Waals surface area contributed by atoms with E-state index in [4.69, 9.17) is 11.6 Å². The fraction of sp³-hybridized carbons (Fsp3) is 0.500. The highest BCUT2D eigenvalue weighted by Gasteiger charge is 2.48. The molecule has 1 aromatic rings. The Morgan fingerprint density at radius 1 is 1.52 bits per heavy atom. The van der Waals surface area contributed by atoms with E-state index in [0.29, 0.717) is 5.56 Å². The molecule has 1 atom stereocenters. The molecule has 1 unspecified atom stereocenters. The summed E-state index contributed by atoms with van der Waals surface area (Å²) in [7, 11) is -2.31. The number of nitriles is 1. The Kier molecular flexibility index (Phi) is 4.29. The second-order valence-electron chi connectivity index (χ2n) is 5.51. The second kappa shape index (κ2) is 5.56. The third-order valence-electron chi connectivity index (χ3n) is 4.00. The molecule has 0 bridgehead atoms. The summed E-state index contributed by atoms with van der Waals surface area (Å²) in [5.74, 6) is -0.955. The van der Waals surface area contributed by atoms with Crippen molar-refractivity contribution < 1.29 is 12.8 Å². The Balaban J connectivity index is 2.25. The molecule has 21 heavy (non-hydrogen) atoms. The summed E-state index contributed by atoms with van der Waals surface area (Å²) in [5.41, 5.74) is -0.746. The quantitative estimate of drug-likeness (QED) is 0.834. The summed E-state index contributed by atoms with van der Waals surface area (Å²) in [6.07, 6.45) is 1.69. The van der Waals surface area contributed by atoms with E-state index in [0.717, 1.165) is 23.2 Å². The van der Waals surface area contributed by atoms with Crippen molar-refractivity contribution in [1.82, 2.24) is 4.31 Å². The zero-order valence-corrected chi connectivity index (χ0v) is 13.4. The third kappa shape index (κ3) is 3.20. The Bertz CT molecular complexity index is 697. The summed E-state index contributed by atoms with van der Waals surface area (Å²) < 4.78 is 39.4. The maximum atomic E-state index is 13.4. The minimum Gasteiger partial charge on any atom is -0.212 e. The average molecular weight is 331 g/mol. The van der Waals surface area contributed by atoms with Crippen LogP contribution >= 0.6 is 11.6 Å². The third-order valence-corrected chi connectivity index (χ3v) is 6.22. The molecule has 0 spiro atoms. The topological polar surface area (TPSA) is 61.2 Å². The molecular formula is C14H16ClFN2O2S. The molecule has 0 N–H and O–H groups in total. The number of benzene rings is 1. The van der Waals surface area contributed by atoms with Gasteiger partial charge in [0.2, 0.25) is 10.0 Å². The van der Waals surface area contributed by atoms with E-state index in [-0.39, 0.29) is 16.7 Å². The van der Waals surface area contributed by atoms with Crippen molar-refractivity contribution in [3.05, 3.63) is 34.6 Å². The Labute approximate surface area is 129 Å². The lowest BCUT2D eigenvalue weighted by atomic mass is 9.99. The molecule has 0 heterocycles. The van der Waals surface area contributed by atoms with Crippen LogP contribution in [0.4, 0.5) is 4.39 Å². The Hall–Kier alpha value is -1.16. The van der Waals surface area contributed by atoms with Crippen LogP contribution < -0.4 is 0 Å². The van der Waals surface area contributed by atoms with Gasteiger partial charge in [0.1, 0.15) is 11.4 Å². The van der Waals surface area contributed by atoms with E-state index >= 15 is 0 Å². The molecule has 1 fully saturated rings. The number of sulfonamides is 1. The van der Waals surface area contributed by atoms with Gasteiger partial charge in [-0.15, -0.1) is 0 Å². The van der Waals surface area contributed by atoms with E-state index in [1.54, 1.807) is 6.92 Å². The standard InChI is InChI=1S/C14H16ClFN2O2S/c1-14(9-17,11-4-5-11)18(2)21(19,20)8-10-3-6-12(15)13(16)7-10/h3,6-7,11H,4-5,8H2,1-2H3. The highest BCUT2D eigenvalue weighted by atomic mass is 35.5. The Morgan fingerprint density at radius 3 is 2.62 bits per heavy atom. The predicted molar refractivity (Wildman–Crippen MR) is 78.5 cm³/mol. The lowest BCUT2D eigenvalue weighted by molar-refractivity contribution is 0.276. The first kappa shape index (κ1) is 16.2. The van der Waals surface area contributed by atoms with E-state index < -0.39 is 21.4 Å². The molecule has 1 aliphatic carbocycles. The van der Waals surface area contributed by atoms with Crippen molar-refractivity contribution in [2.45, 2.75) is 31.1 Å². The molecule has 0 aromatic heterocycles. The number of halogens is 2. The number of hydrogen-bond acceptors (Lipinski definition) is 3. The van der Waals surface area contributed by atoms with Gasteiger partial charge in [-0.25, -0.2) is 12.8 Å². The van der Waals surface area contributed by atoms with Crippen molar-refractivity contribution in [2.24, 2.45) is 5.92 Å². The van der Waals surface area contributed by atoms with Crippen molar-refractivity contribution in [2.75, 3.05) is 7.05 Å². The minimum absolute atomic E-state index is 0.0515. The Morgan fingerprint density at radius 2 is 2.14 bits per heavy atom. The van der Waals surface area contributed by atoms with Gasteiger partial charge in [-0.2, -0.15) is 9.57 Å². The van der Waals surface area contributed by atoms with Crippen LogP contribution in [-0.2, 0) is 15.8 Å². The van der Waals surface area contributed by atoms with E-state index in [9.17, 15) is 18.1 Å². The summed E-state index contributed by atoms with van der Waals surface area (Å²) >= 11 is 5.58. The van der Waals surface area contributed by atoms with Crippen molar-refractivity contribution in [3.8, 4) is 6.07 Å². The highest BCUT2D eigenvalue weighted by Crippen LogP contribution is 2.43. The molecular weight excluding hydrogens is 315 g/mol. The van der Waals surface area contributed by atoms with Crippen LogP contribution in [0.5, 0.6) is 0 Å². The van der Waals surface area contributed by atoms with Gasteiger partial charge in [0, 0.05) is 7.05 Å². The van der Waals surface area contributed by atoms with Crippen molar-refractivity contribution in [3.63, 3.8) is 0 Å². The van der Waals surface area contributed by atoms with Crippen LogP contribution in [-0.4, -0.2) is 25.3 Å². The van der Waals surface area contributed by atoms with Crippen molar-refractivity contribution >= 4 is 21.6 Å². The minimum atomic E-state index is -3.72. The monoisotopic (exact) mass is 330 g/mol. The van der Waals surface area contributed by atoms with Gasteiger partial charge in [-0.3, -0.25) is 0 Å². The smallest absolute Gasteiger partial charge is 0.212 e. The SMILES string of the molecule is CN(C(C)(C#N)C1CC1)S(=O)(=O)Cc1ccc(Cl)c(F)c1. The first-order valence-electron chi connectivity index (χ1n) is 6.52. The largest absolute Gasteiger partial charge is 0.219 e. The zero-order valence-electron chi connectivity index (χ0n) is 11.8. The van der Waals surface area contributed by atoms with Gasteiger partial charge in [-0.1, -0.05) is 17.7 Å². The maximum Gasteiger partial charge on any atom is 0.219 e. The van der Waals surface area contributed by atoms with Crippen LogP contribution in [0, 0.1) is 23.1 Å². The van der Waals surface area contributed by atoms with E-state index in [1.807, 2.05) is 0 Å². The lowest BCUT2D eigenvalue weighted by Crippen LogP contribution is -2.48. The van der Waals surface area contributed by atoms with Crippen LogP contribution in [0.2, 0.25) is 5.02 Å². The highest BCUT2D eigenvalue weighted by molar-refractivity contribution is 7.88. The fourth-order valence-electron chi connectivity index (χ4n) is 2.29. The molecule has 1 aromatic carbocycles. The van der Waals surface area contributed by atoms with Gasteiger partial charge in [0.05, 0.1) is 16.8 Å². The molecule has 7 heteroatoms. The second-order valence-corrected chi connectivity index (χ2v) is 7.91. The molecule has 1 saturated carbocycles. The van der Waals surface area contributed by atoms with Crippen LogP contribution in [0.3, 0.4) is 0 Å². The number of nitrogens with zero attached hydrogens (tertiary/aromatic N) is 2. The zero-order chi connectivity index (χ0) is 15.8. The number of rotatable bonds is 5. The summed E-state index contributed by atoms with van der Waals surface area (Å²) in [6.45, 7) is 1.63. The molecule has 0 saturated heterocycles. The van der Waals surface area contributed by atoms with Gasteiger partial charge in [0.15, 0.2) is 0 Å². The number of hydrogen-bond donors (Lipinski definition) is 0. The van der Waals surface area contributed by atoms with Crippen LogP contribution in [0.15, 0.2) is 18.2 Å². The molecule has 2 rings (SSSR count). The van der Waals surface area contributed by atoms with Crippen molar-refractivity contribution in [1.29, 1.82) is 5.26 Å². The fourth-order valence-corrected chi connectivity index (χ4v) is 3.97. The first-order valence-corrected chi connectivity index (χ1v) is 8.51. The van der Waals surface area contributed by atoms with Crippen LogP contribution in [0.1, 0.15) is 25.3 Å². The average Bonchev–Trinajstić information content (AvgIpc) is 3.25. The predicted octanol–water partition coefficient (Wildman–Crippen LogP) is 2.93. The molecule has 0 aliphatic heterocycles. The molecule has 0 radical (unpaired) electrons. The summed E-state index contributed by atoms with van der Waals surface area (Å²) in [5, 5.41) is 9.29. The lowest BCUT2D eigenvalue weighted by Gasteiger charge is -2.32. The molecule has 0 amide bonds. The van der Waals surface area contributed by atoms with Gasteiger partial charge >= 0.3 is 0 Å². The van der Waals surface area contributed by atoms with Gasteiger partial charge in [-0.05, 0) is 43.4 Å². The van der Waals surface area contributed by atoms with E-state index in [2.05, 4.69) is 6.07 Å². The van der Waals surface area contributed by atoms with Gasteiger partial charge < -0.3 is 0 Å². The molecule has 4 nitrogen and oxygen atoms in total. The molecule has 114 valence electrons. The summed E-state index contributed by atoms with van der Waals surface area (Å²) in [6, 6.07) is 6.01. The van der Waals surface area contributed by atoms with E-state index in [1.165, 1.54) is 19.2 Å². The normalized spacial score (nSPS) is 18.3. The van der Waals surface area contributed by atoms with Crippen LogP contribution in [0.25, 0.3) is 0 Å². The summed E-state index contributed by atoms with van der Waals surface area (Å²) in [4.78, 5) is 0. The molecule has 1 aliphatic rings. The van der Waals surface area contributed by atoms with Gasteiger partial charge in [0.25, 0.3) is 0 Å². The first-order chi connectivity index (χ1) is 9.70. The maximum absolute atomic E-state index is 13.4.